The Kier molecular flexibility index (Phi) is 4.03. The number of hydrogen-bond acceptors (Lipinski definition) is 4. The lowest BCUT2D eigenvalue weighted by Gasteiger charge is -2.07. The van der Waals surface area contributed by atoms with Crippen LogP contribution in [-0.2, 0) is 20.5 Å². The summed E-state index contributed by atoms with van der Waals surface area (Å²) in [4.78, 5) is 11.4. The van der Waals surface area contributed by atoms with Crippen LogP contribution < -0.4 is 4.72 Å². The molecule has 0 aliphatic carbocycles. The zero-order chi connectivity index (χ0) is 12.2. The van der Waals surface area contributed by atoms with Crippen molar-refractivity contribution in [2.45, 2.75) is 5.75 Å². The quantitative estimate of drug-likeness (QED) is 0.783. The van der Waals surface area contributed by atoms with Crippen LogP contribution in [0.1, 0.15) is 15.9 Å². The fraction of sp³-hybridized carbons (Fsp3) is 0.300. The van der Waals surface area contributed by atoms with Crippen molar-refractivity contribution in [2.24, 2.45) is 0 Å². The summed E-state index contributed by atoms with van der Waals surface area (Å²) in [6.45, 7) is 0. The summed E-state index contributed by atoms with van der Waals surface area (Å²) in [6, 6.07) is 6.45. The van der Waals surface area contributed by atoms with Gasteiger partial charge in [0.2, 0.25) is 10.0 Å². The van der Waals surface area contributed by atoms with Gasteiger partial charge in [0.05, 0.1) is 18.4 Å². The largest absolute Gasteiger partial charge is 0.465 e. The highest BCUT2D eigenvalue weighted by Crippen LogP contribution is 2.12. The first kappa shape index (κ1) is 12.7. The smallest absolute Gasteiger partial charge is 0.338 e. The van der Waals surface area contributed by atoms with Gasteiger partial charge in [0.15, 0.2) is 0 Å². The van der Waals surface area contributed by atoms with E-state index in [1.54, 1.807) is 18.2 Å². The van der Waals surface area contributed by atoms with E-state index in [1.165, 1.54) is 20.2 Å². The van der Waals surface area contributed by atoms with Crippen molar-refractivity contribution in [3.8, 4) is 0 Å². The van der Waals surface area contributed by atoms with E-state index in [9.17, 15) is 13.2 Å². The highest BCUT2D eigenvalue weighted by Gasteiger charge is 2.16. The average molecular weight is 243 g/mol. The molecule has 0 aliphatic heterocycles. The maximum Gasteiger partial charge on any atom is 0.338 e. The summed E-state index contributed by atoms with van der Waals surface area (Å²) in [5.41, 5.74) is 0.688. The van der Waals surface area contributed by atoms with E-state index in [2.05, 4.69) is 9.46 Å². The third kappa shape index (κ3) is 3.04. The number of benzene rings is 1. The summed E-state index contributed by atoms with van der Waals surface area (Å²) >= 11 is 0. The first-order valence-corrected chi connectivity index (χ1v) is 6.23. The number of sulfonamides is 1. The molecule has 0 unspecified atom stereocenters. The van der Waals surface area contributed by atoms with E-state index >= 15 is 0 Å². The third-order valence-corrected chi connectivity index (χ3v) is 3.39. The maximum atomic E-state index is 11.4. The van der Waals surface area contributed by atoms with Gasteiger partial charge < -0.3 is 4.74 Å². The molecule has 1 rings (SSSR count). The van der Waals surface area contributed by atoms with Gasteiger partial charge in [0, 0.05) is 0 Å². The van der Waals surface area contributed by atoms with Crippen molar-refractivity contribution >= 4 is 16.0 Å². The Balaban J connectivity index is 3.10. The second-order valence-electron chi connectivity index (χ2n) is 3.11. The Morgan fingerprint density at radius 3 is 2.56 bits per heavy atom. The molecule has 1 aromatic carbocycles. The molecule has 0 saturated heterocycles. The normalized spacial score (nSPS) is 11.1. The van der Waals surface area contributed by atoms with Crippen LogP contribution in [0, 0.1) is 0 Å². The van der Waals surface area contributed by atoms with E-state index in [0.717, 1.165) is 0 Å². The van der Waals surface area contributed by atoms with Crippen LogP contribution in [0.25, 0.3) is 0 Å². The molecule has 0 atom stereocenters. The van der Waals surface area contributed by atoms with Crippen molar-refractivity contribution in [3.05, 3.63) is 35.4 Å². The number of carbonyl (C=O) groups is 1. The molecule has 1 aromatic rings. The number of nitrogens with one attached hydrogen (secondary N) is 1. The predicted molar refractivity (Wildman–Crippen MR) is 59.5 cm³/mol. The zero-order valence-corrected chi connectivity index (χ0v) is 9.87. The van der Waals surface area contributed by atoms with Gasteiger partial charge in [-0.2, -0.15) is 0 Å². The van der Waals surface area contributed by atoms with Gasteiger partial charge in [0.25, 0.3) is 0 Å². The van der Waals surface area contributed by atoms with Crippen LogP contribution in [0.3, 0.4) is 0 Å². The molecule has 0 fully saturated rings. The monoisotopic (exact) mass is 243 g/mol. The molecule has 5 nitrogen and oxygen atoms in total. The lowest BCUT2D eigenvalue weighted by molar-refractivity contribution is 0.0600. The van der Waals surface area contributed by atoms with E-state index in [1.807, 2.05) is 0 Å². The Bertz CT molecular complexity index is 481. The fourth-order valence-corrected chi connectivity index (χ4v) is 2.04. The predicted octanol–water partition coefficient (Wildman–Crippen LogP) is 0.522. The Morgan fingerprint density at radius 1 is 1.38 bits per heavy atom. The summed E-state index contributed by atoms with van der Waals surface area (Å²) < 4.78 is 29.5. The van der Waals surface area contributed by atoms with Gasteiger partial charge in [-0.05, 0) is 18.7 Å². The third-order valence-electron chi connectivity index (χ3n) is 2.08. The lowest BCUT2D eigenvalue weighted by Crippen LogP contribution is -2.21. The van der Waals surface area contributed by atoms with Gasteiger partial charge >= 0.3 is 5.97 Å². The highest BCUT2D eigenvalue weighted by atomic mass is 32.2. The number of ether oxygens (including phenoxy) is 1. The zero-order valence-electron chi connectivity index (χ0n) is 9.06. The molecule has 0 radical (unpaired) electrons. The van der Waals surface area contributed by atoms with Gasteiger partial charge in [-0.25, -0.2) is 17.9 Å². The van der Waals surface area contributed by atoms with Crippen LogP contribution in [-0.4, -0.2) is 28.5 Å². The second kappa shape index (κ2) is 5.09. The molecule has 0 bridgehead atoms. The van der Waals surface area contributed by atoms with Crippen LogP contribution in [0.4, 0.5) is 0 Å². The molecular weight excluding hydrogens is 230 g/mol. The molecule has 0 spiro atoms. The molecule has 0 heterocycles. The number of hydrogen-bond donors (Lipinski definition) is 1. The molecule has 0 aromatic heterocycles. The Labute approximate surface area is 94.5 Å². The van der Waals surface area contributed by atoms with Crippen LogP contribution in [0.15, 0.2) is 24.3 Å². The van der Waals surface area contributed by atoms with Crippen LogP contribution in [0.5, 0.6) is 0 Å². The first-order valence-electron chi connectivity index (χ1n) is 4.57. The van der Waals surface area contributed by atoms with Crippen molar-refractivity contribution in [1.82, 2.24) is 4.72 Å². The Morgan fingerprint density at radius 2 is 2.00 bits per heavy atom. The van der Waals surface area contributed by atoms with Crippen molar-refractivity contribution in [3.63, 3.8) is 0 Å². The Hall–Kier alpha value is -1.40. The summed E-state index contributed by atoms with van der Waals surface area (Å²) in [6.07, 6.45) is 0. The summed E-state index contributed by atoms with van der Waals surface area (Å²) in [5.74, 6) is -0.781. The SMILES string of the molecule is CNS(=O)(=O)Cc1ccccc1C(=O)OC. The molecule has 6 heteroatoms. The minimum Gasteiger partial charge on any atom is -0.465 e. The standard InChI is InChI=1S/C10H13NO4S/c1-11-16(13,14)7-8-5-3-4-6-9(8)10(12)15-2/h3-6,11H,7H2,1-2H3. The molecule has 0 saturated carbocycles. The van der Waals surface area contributed by atoms with Gasteiger partial charge in [-0.15, -0.1) is 0 Å². The average Bonchev–Trinajstić information content (AvgIpc) is 2.28. The second-order valence-corrected chi connectivity index (χ2v) is 5.04. The van der Waals surface area contributed by atoms with E-state index in [-0.39, 0.29) is 11.3 Å². The number of rotatable bonds is 4. The minimum absolute atomic E-state index is 0.241. The van der Waals surface area contributed by atoms with E-state index in [4.69, 9.17) is 0 Å². The van der Waals surface area contributed by atoms with Gasteiger partial charge in [-0.3, -0.25) is 0 Å². The highest BCUT2D eigenvalue weighted by molar-refractivity contribution is 7.88. The van der Waals surface area contributed by atoms with E-state index < -0.39 is 16.0 Å². The van der Waals surface area contributed by atoms with Crippen molar-refractivity contribution < 1.29 is 17.9 Å². The summed E-state index contributed by atoms with van der Waals surface area (Å²) in [5, 5.41) is 0. The lowest BCUT2D eigenvalue weighted by atomic mass is 10.1. The van der Waals surface area contributed by atoms with Crippen molar-refractivity contribution in [2.75, 3.05) is 14.2 Å². The number of methoxy groups -OCH3 is 1. The molecular formula is C10H13NO4S. The van der Waals surface area contributed by atoms with Crippen LogP contribution >= 0.6 is 0 Å². The van der Waals surface area contributed by atoms with Crippen LogP contribution in [0.2, 0.25) is 0 Å². The van der Waals surface area contributed by atoms with Gasteiger partial charge in [0.1, 0.15) is 0 Å². The van der Waals surface area contributed by atoms with Crippen molar-refractivity contribution in [1.29, 1.82) is 0 Å². The molecule has 1 N–H and O–H groups in total. The molecule has 0 aliphatic rings. The number of carbonyl (C=O) groups excluding carboxylic acids is 1. The number of esters is 1. The topological polar surface area (TPSA) is 72.5 Å². The first-order chi connectivity index (χ1) is 7.50. The fourth-order valence-electron chi connectivity index (χ4n) is 1.23. The van der Waals surface area contributed by atoms with Gasteiger partial charge in [-0.1, -0.05) is 18.2 Å². The molecule has 0 amide bonds. The molecule has 16 heavy (non-hydrogen) atoms. The maximum absolute atomic E-state index is 11.4. The van der Waals surface area contributed by atoms with E-state index in [0.29, 0.717) is 5.56 Å². The minimum atomic E-state index is -3.39. The molecule has 88 valence electrons. The summed E-state index contributed by atoms with van der Waals surface area (Å²) in [7, 11) is -0.809.